The summed E-state index contributed by atoms with van der Waals surface area (Å²) in [4.78, 5) is 16.0. The third kappa shape index (κ3) is 4.63. The van der Waals surface area contributed by atoms with E-state index in [9.17, 15) is 26.4 Å². The second-order valence-corrected chi connectivity index (χ2v) is 9.72. The van der Waals surface area contributed by atoms with Gasteiger partial charge in [0.2, 0.25) is 5.60 Å². The number of hydrogen-bond acceptors (Lipinski definition) is 6. The Morgan fingerprint density at radius 1 is 1.34 bits per heavy atom. The fourth-order valence-electron chi connectivity index (χ4n) is 2.98. The lowest BCUT2D eigenvalue weighted by molar-refractivity contribution is -0.242. The minimum atomic E-state index is -4.77. The first kappa shape index (κ1) is 24.1. The summed E-state index contributed by atoms with van der Waals surface area (Å²) in [5.74, 6) is 0. The van der Waals surface area contributed by atoms with Crippen LogP contribution in [-0.2, 0) is 27.7 Å². The SMILES string of the molecule is CCn1cc(S(=O)(=O)N2CCCc3ncc(NC(=O)OC(C)(C)C(F)(F)F)cc32)c(Cl)n1. The summed E-state index contributed by atoms with van der Waals surface area (Å²) in [5.41, 5.74) is -2.11. The minimum absolute atomic E-state index is 0.0239. The van der Waals surface area contributed by atoms with Crippen LogP contribution in [0.4, 0.5) is 29.3 Å². The highest BCUT2D eigenvalue weighted by molar-refractivity contribution is 7.93. The highest BCUT2D eigenvalue weighted by Crippen LogP contribution is 2.35. The molecule has 32 heavy (non-hydrogen) atoms. The van der Waals surface area contributed by atoms with Gasteiger partial charge >= 0.3 is 12.3 Å². The van der Waals surface area contributed by atoms with Crippen LogP contribution in [0.3, 0.4) is 0 Å². The Balaban J connectivity index is 1.90. The smallest absolute Gasteiger partial charge is 0.427 e. The molecule has 0 saturated heterocycles. The van der Waals surface area contributed by atoms with Gasteiger partial charge in [-0.15, -0.1) is 0 Å². The van der Waals surface area contributed by atoms with Crippen molar-refractivity contribution in [3.63, 3.8) is 0 Å². The molecule has 14 heteroatoms. The van der Waals surface area contributed by atoms with E-state index in [1.165, 1.54) is 23.1 Å². The zero-order valence-electron chi connectivity index (χ0n) is 17.4. The normalized spacial score (nSPS) is 14.8. The number of halogens is 4. The van der Waals surface area contributed by atoms with Crippen molar-refractivity contribution < 1.29 is 31.1 Å². The van der Waals surface area contributed by atoms with Gasteiger partial charge in [-0.1, -0.05) is 11.6 Å². The van der Waals surface area contributed by atoms with Crippen molar-refractivity contribution in [1.29, 1.82) is 0 Å². The first-order valence-corrected chi connectivity index (χ1v) is 11.4. The number of pyridine rings is 1. The summed E-state index contributed by atoms with van der Waals surface area (Å²) in [6, 6.07) is 1.32. The lowest BCUT2D eigenvalue weighted by Gasteiger charge is -2.30. The lowest BCUT2D eigenvalue weighted by atomic mass is 10.1. The Bertz CT molecular complexity index is 1130. The van der Waals surface area contributed by atoms with Crippen molar-refractivity contribution in [3.8, 4) is 0 Å². The molecule has 3 rings (SSSR count). The van der Waals surface area contributed by atoms with Crippen molar-refractivity contribution in [3.05, 3.63) is 29.3 Å². The predicted octanol–water partition coefficient (Wildman–Crippen LogP) is 3.98. The van der Waals surface area contributed by atoms with E-state index in [-0.39, 0.29) is 28.0 Å². The molecule has 0 aliphatic carbocycles. The second-order valence-electron chi connectivity index (χ2n) is 7.53. The molecule has 0 saturated carbocycles. The number of fused-ring (bicyclic) bond motifs is 1. The summed E-state index contributed by atoms with van der Waals surface area (Å²) in [6.45, 7) is 3.74. The largest absolute Gasteiger partial charge is 0.434 e. The number of amides is 1. The first-order chi connectivity index (χ1) is 14.8. The number of aromatic nitrogens is 3. The number of anilines is 2. The highest BCUT2D eigenvalue weighted by Gasteiger charge is 2.51. The summed E-state index contributed by atoms with van der Waals surface area (Å²) >= 11 is 6.03. The number of hydrogen-bond donors (Lipinski definition) is 1. The molecule has 1 amide bonds. The zero-order chi connectivity index (χ0) is 23.9. The van der Waals surface area contributed by atoms with Crippen molar-refractivity contribution in [1.82, 2.24) is 14.8 Å². The van der Waals surface area contributed by atoms with Crippen LogP contribution in [0.15, 0.2) is 23.4 Å². The monoisotopic (exact) mass is 495 g/mol. The fraction of sp³-hybridized carbons (Fsp3) is 0.500. The summed E-state index contributed by atoms with van der Waals surface area (Å²) in [6.07, 6.45) is -2.61. The third-order valence-corrected chi connectivity index (χ3v) is 7.05. The van der Waals surface area contributed by atoms with Gasteiger partial charge in [-0.3, -0.25) is 19.3 Å². The van der Waals surface area contributed by atoms with E-state index in [2.05, 4.69) is 20.1 Å². The van der Waals surface area contributed by atoms with Gasteiger partial charge in [0.25, 0.3) is 10.0 Å². The van der Waals surface area contributed by atoms with Gasteiger partial charge in [-0.2, -0.15) is 18.3 Å². The Hall–Kier alpha value is -2.54. The van der Waals surface area contributed by atoms with E-state index in [1.807, 2.05) is 0 Å². The summed E-state index contributed by atoms with van der Waals surface area (Å²) in [7, 11) is -4.10. The highest BCUT2D eigenvalue weighted by atomic mass is 35.5. The Morgan fingerprint density at radius 2 is 2.03 bits per heavy atom. The maximum atomic E-state index is 13.3. The van der Waals surface area contributed by atoms with Gasteiger partial charge in [0.1, 0.15) is 4.90 Å². The van der Waals surface area contributed by atoms with E-state index < -0.39 is 27.9 Å². The number of carbonyl (C=O) groups is 1. The van der Waals surface area contributed by atoms with Crippen LogP contribution in [0.5, 0.6) is 0 Å². The van der Waals surface area contributed by atoms with Crippen LogP contribution in [0.25, 0.3) is 0 Å². The average molecular weight is 496 g/mol. The number of carbonyl (C=O) groups excluding carboxylic acids is 1. The topological polar surface area (TPSA) is 106 Å². The number of sulfonamides is 1. The predicted molar refractivity (Wildman–Crippen MR) is 110 cm³/mol. The number of rotatable bonds is 5. The number of aryl methyl sites for hydroxylation is 2. The van der Waals surface area contributed by atoms with Crippen molar-refractivity contribution in [2.75, 3.05) is 16.2 Å². The molecular formula is C18H21ClF3N5O4S. The van der Waals surface area contributed by atoms with Crippen LogP contribution in [0, 0.1) is 0 Å². The van der Waals surface area contributed by atoms with Crippen molar-refractivity contribution >= 4 is 39.1 Å². The molecule has 0 atom stereocenters. The molecule has 1 aliphatic rings. The molecule has 176 valence electrons. The van der Waals surface area contributed by atoms with E-state index in [0.29, 0.717) is 38.9 Å². The van der Waals surface area contributed by atoms with Crippen molar-refractivity contribution in [2.24, 2.45) is 0 Å². The van der Waals surface area contributed by atoms with Crippen LogP contribution in [0.2, 0.25) is 5.15 Å². The van der Waals surface area contributed by atoms with E-state index in [4.69, 9.17) is 11.6 Å². The molecule has 2 aromatic heterocycles. The van der Waals surface area contributed by atoms with Crippen LogP contribution in [-0.4, -0.2) is 47.6 Å². The molecule has 0 bridgehead atoms. The molecule has 1 aliphatic heterocycles. The first-order valence-electron chi connectivity index (χ1n) is 9.57. The Morgan fingerprint density at radius 3 is 2.62 bits per heavy atom. The van der Waals surface area contributed by atoms with Crippen molar-refractivity contribution in [2.45, 2.75) is 56.8 Å². The molecule has 0 radical (unpaired) electrons. The van der Waals surface area contributed by atoms with E-state index in [0.717, 1.165) is 4.31 Å². The van der Waals surface area contributed by atoms with Gasteiger partial charge in [0.05, 0.1) is 23.3 Å². The van der Waals surface area contributed by atoms with Crippen LogP contribution < -0.4 is 9.62 Å². The van der Waals surface area contributed by atoms with Crippen LogP contribution in [0.1, 0.15) is 32.9 Å². The number of nitrogens with zero attached hydrogens (tertiary/aromatic N) is 4. The molecular weight excluding hydrogens is 475 g/mol. The molecule has 2 aromatic rings. The van der Waals surface area contributed by atoms with Crippen LogP contribution >= 0.6 is 11.6 Å². The van der Waals surface area contributed by atoms with Gasteiger partial charge in [-0.25, -0.2) is 13.2 Å². The number of nitrogens with one attached hydrogen (secondary N) is 1. The lowest BCUT2D eigenvalue weighted by Crippen LogP contribution is -2.44. The van der Waals surface area contributed by atoms with E-state index in [1.54, 1.807) is 6.92 Å². The van der Waals surface area contributed by atoms with Gasteiger partial charge < -0.3 is 4.74 Å². The van der Waals surface area contributed by atoms with Gasteiger partial charge in [0, 0.05) is 19.3 Å². The third-order valence-electron chi connectivity index (χ3n) is 4.85. The standard InChI is InChI=1S/C18H21ClF3N5O4S/c1-4-26-10-14(15(19)25-26)32(29,30)27-7-5-6-12-13(27)8-11(9-23-12)24-16(28)31-17(2,3)18(20,21)22/h8-10H,4-7H2,1-3H3,(H,24,28). The number of ether oxygens (including phenoxy) is 1. The van der Waals surface area contributed by atoms with Gasteiger partial charge in [-0.05, 0) is 39.7 Å². The summed E-state index contributed by atoms with van der Waals surface area (Å²) < 4.78 is 72.3. The second kappa shape index (κ2) is 8.43. The molecule has 3 heterocycles. The average Bonchev–Trinajstić information content (AvgIpc) is 3.07. The minimum Gasteiger partial charge on any atom is -0.434 e. The molecule has 0 spiro atoms. The van der Waals surface area contributed by atoms with E-state index >= 15 is 0 Å². The quantitative estimate of drug-likeness (QED) is 0.672. The number of alkyl halides is 3. The fourth-order valence-corrected chi connectivity index (χ4v) is 4.96. The maximum Gasteiger partial charge on any atom is 0.427 e. The maximum absolute atomic E-state index is 13.3. The molecule has 0 aromatic carbocycles. The zero-order valence-corrected chi connectivity index (χ0v) is 19.0. The Kier molecular flexibility index (Phi) is 6.35. The molecule has 0 unspecified atom stereocenters. The molecule has 1 N–H and O–H groups in total. The van der Waals surface area contributed by atoms with Gasteiger partial charge in [0.15, 0.2) is 5.15 Å². The summed E-state index contributed by atoms with van der Waals surface area (Å²) in [5, 5.41) is 5.94. The molecule has 0 fully saturated rings. The Labute approximate surface area is 187 Å². The molecule has 9 nitrogen and oxygen atoms in total.